The third-order valence-corrected chi connectivity index (χ3v) is 5.93. The zero-order chi connectivity index (χ0) is 17.5. The molecule has 0 radical (unpaired) electrons. The van der Waals surface area contributed by atoms with Gasteiger partial charge >= 0.3 is 0 Å². The van der Waals surface area contributed by atoms with Crippen LogP contribution >= 0.6 is 23.1 Å². The zero-order valence-corrected chi connectivity index (χ0v) is 15.8. The Hall–Kier alpha value is -1.58. The summed E-state index contributed by atoms with van der Waals surface area (Å²) in [6.07, 6.45) is 1.08. The first-order valence-corrected chi connectivity index (χ1v) is 10.8. The second-order valence-corrected chi connectivity index (χ2v) is 9.62. The number of nitrogens with one attached hydrogen (secondary N) is 1. The highest BCUT2D eigenvalue weighted by Crippen LogP contribution is 2.41. The first-order valence-electron chi connectivity index (χ1n) is 7.18. The number of benzene rings is 1. The van der Waals surface area contributed by atoms with Gasteiger partial charge in [0.25, 0.3) is 0 Å². The molecule has 0 amide bonds. The Morgan fingerprint density at radius 3 is 2.75 bits per heavy atom. The maximum atomic E-state index is 11.9. The lowest BCUT2D eigenvalue weighted by Crippen LogP contribution is -2.10. The predicted octanol–water partition coefficient (Wildman–Crippen LogP) is 3.36. The second-order valence-electron chi connectivity index (χ2n) is 5.73. The van der Waals surface area contributed by atoms with Crippen LogP contribution in [-0.2, 0) is 10.0 Å². The van der Waals surface area contributed by atoms with Crippen LogP contribution in [0.1, 0.15) is 35.8 Å². The highest BCUT2D eigenvalue weighted by molar-refractivity contribution is 8.01. The van der Waals surface area contributed by atoms with Crippen molar-refractivity contribution >= 4 is 44.6 Å². The van der Waals surface area contributed by atoms with E-state index in [2.05, 4.69) is 23.6 Å². The van der Waals surface area contributed by atoms with Crippen LogP contribution in [0.3, 0.4) is 0 Å². The van der Waals surface area contributed by atoms with Crippen LogP contribution in [0.25, 0.3) is 0 Å². The number of sulfonamides is 1. The molecule has 1 aromatic heterocycles. The molecule has 0 saturated carbocycles. The monoisotopic (exact) mass is 384 g/mol. The van der Waals surface area contributed by atoms with Crippen LogP contribution in [0.2, 0.25) is 0 Å². The Labute approximate surface area is 148 Å². The predicted molar refractivity (Wildman–Crippen MR) is 95.1 cm³/mol. The van der Waals surface area contributed by atoms with Gasteiger partial charge in [-0.2, -0.15) is 0 Å². The standard InChI is InChI=1S/C15H16N2O4S3/c1-8(2)11-7-22-15(16-11)23-14-4-9-12(18)6-21-13(9)5-10(14)17-24(3,19)20/h4-5,7-8,17H,6H2,1-3H3. The molecule has 24 heavy (non-hydrogen) atoms. The number of aromatic nitrogens is 1. The average Bonchev–Trinajstić information content (AvgIpc) is 3.06. The molecule has 2 aromatic rings. The zero-order valence-electron chi connectivity index (χ0n) is 13.3. The van der Waals surface area contributed by atoms with E-state index in [0.29, 0.717) is 27.8 Å². The summed E-state index contributed by atoms with van der Waals surface area (Å²) in [5, 5.41) is 1.98. The van der Waals surface area contributed by atoms with Crippen molar-refractivity contribution < 1.29 is 17.9 Å². The fourth-order valence-corrected chi connectivity index (χ4v) is 4.84. The van der Waals surface area contributed by atoms with Gasteiger partial charge in [0.1, 0.15) is 5.75 Å². The second kappa shape index (κ2) is 6.38. The van der Waals surface area contributed by atoms with E-state index in [0.717, 1.165) is 16.3 Å². The molecule has 9 heteroatoms. The largest absolute Gasteiger partial charge is 0.485 e. The highest BCUT2D eigenvalue weighted by Gasteiger charge is 2.25. The van der Waals surface area contributed by atoms with Gasteiger partial charge in [0.2, 0.25) is 15.8 Å². The van der Waals surface area contributed by atoms with Crippen molar-refractivity contribution in [2.45, 2.75) is 29.0 Å². The SMILES string of the molecule is CC(C)c1csc(Sc2cc3c(cc2NS(C)(=O)=O)OCC3=O)n1. The Morgan fingerprint density at radius 1 is 1.38 bits per heavy atom. The minimum absolute atomic E-state index is 0.0173. The molecule has 6 nitrogen and oxygen atoms in total. The van der Waals surface area contributed by atoms with Crippen LogP contribution < -0.4 is 9.46 Å². The summed E-state index contributed by atoms with van der Waals surface area (Å²) in [7, 11) is -3.45. The number of Topliss-reactive ketones (excluding diaryl/α,β-unsaturated/α-hetero) is 1. The van der Waals surface area contributed by atoms with E-state index in [-0.39, 0.29) is 12.4 Å². The molecule has 0 spiro atoms. The van der Waals surface area contributed by atoms with E-state index in [9.17, 15) is 13.2 Å². The highest BCUT2D eigenvalue weighted by atomic mass is 32.2. The molecule has 0 fully saturated rings. The Bertz CT molecular complexity index is 903. The summed E-state index contributed by atoms with van der Waals surface area (Å²) in [5.41, 5.74) is 1.84. The van der Waals surface area contributed by atoms with Gasteiger partial charge in [0.15, 0.2) is 10.9 Å². The third kappa shape index (κ3) is 3.73. The molecule has 0 aliphatic carbocycles. The van der Waals surface area contributed by atoms with Gasteiger partial charge < -0.3 is 4.74 Å². The smallest absolute Gasteiger partial charge is 0.229 e. The number of carbonyl (C=O) groups is 1. The van der Waals surface area contributed by atoms with E-state index in [4.69, 9.17) is 4.74 Å². The lowest BCUT2D eigenvalue weighted by Gasteiger charge is -2.11. The van der Waals surface area contributed by atoms with Gasteiger partial charge in [-0.15, -0.1) is 11.3 Å². The minimum Gasteiger partial charge on any atom is -0.485 e. The van der Waals surface area contributed by atoms with Gasteiger partial charge in [-0.3, -0.25) is 9.52 Å². The fraction of sp³-hybridized carbons (Fsp3) is 0.333. The first kappa shape index (κ1) is 17.2. The molecule has 128 valence electrons. The summed E-state index contributed by atoms with van der Waals surface area (Å²) in [6.45, 7) is 4.10. The van der Waals surface area contributed by atoms with Crippen molar-refractivity contribution in [2.24, 2.45) is 0 Å². The Morgan fingerprint density at radius 2 is 2.12 bits per heavy atom. The molecule has 0 atom stereocenters. The number of thiazole rings is 1. The number of nitrogens with zero attached hydrogens (tertiary/aromatic N) is 1. The fourth-order valence-electron chi connectivity index (χ4n) is 2.16. The van der Waals surface area contributed by atoms with Crippen molar-refractivity contribution in [3.63, 3.8) is 0 Å². The molecule has 1 aliphatic rings. The normalized spacial score (nSPS) is 13.9. The minimum atomic E-state index is -3.45. The van der Waals surface area contributed by atoms with Crippen LogP contribution in [-0.4, -0.2) is 32.0 Å². The van der Waals surface area contributed by atoms with E-state index in [1.54, 1.807) is 12.1 Å². The molecular weight excluding hydrogens is 368 g/mol. The molecule has 1 N–H and O–H groups in total. The molecule has 1 aromatic carbocycles. The molecule has 0 saturated heterocycles. The van der Waals surface area contributed by atoms with E-state index in [1.807, 2.05) is 5.38 Å². The van der Waals surface area contributed by atoms with Gasteiger partial charge in [-0.1, -0.05) is 25.6 Å². The van der Waals surface area contributed by atoms with E-state index >= 15 is 0 Å². The average molecular weight is 385 g/mol. The van der Waals surface area contributed by atoms with Crippen molar-refractivity contribution in [2.75, 3.05) is 17.6 Å². The van der Waals surface area contributed by atoms with Crippen LogP contribution in [0.5, 0.6) is 5.75 Å². The molecule has 2 heterocycles. The molecule has 1 aliphatic heterocycles. The van der Waals surface area contributed by atoms with Gasteiger partial charge in [0.05, 0.1) is 23.2 Å². The third-order valence-electron chi connectivity index (χ3n) is 3.33. The summed E-state index contributed by atoms with van der Waals surface area (Å²) in [6, 6.07) is 3.22. The number of carbonyl (C=O) groups excluding carboxylic acids is 1. The summed E-state index contributed by atoms with van der Waals surface area (Å²) in [5.74, 6) is 0.608. The topological polar surface area (TPSA) is 85.4 Å². The van der Waals surface area contributed by atoms with Gasteiger partial charge in [-0.25, -0.2) is 13.4 Å². The quantitative estimate of drug-likeness (QED) is 0.851. The van der Waals surface area contributed by atoms with Gasteiger partial charge in [-0.05, 0) is 12.0 Å². The van der Waals surface area contributed by atoms with Crippen molar-refractivity contribution in [3.05, 3.63) is 28.8 Å². The first-order chi connectivity index (χ1) is 11.2. The van der Waals surface area contributed by atoms with E-state index in [1.165, 1.54) is 23.1 Å². The summed E-state index contributed by atoms with van der Waals surface area (Å²) >= 11 is 2.83. The maximum absolute atomic E-state index is 11.9. The van der Waals surface area contributed by atoms with E-state index < -0.39 is 10.0 Å². The molecule has 0 bridgehead atoms. The van der Waals surface area contributed by atoms with Crippen LogP contribution in [0, 0.1) is 0 Å². The number of hydrogen-bond donors (Lipinski definition) is 1. The summed E-state index contributed by atoms with van der Waals surface area (Å²) in [4.78, 5) is 17.0. The lowest BCUT2D eigenvalue weighted by molar-refractivity contribution is 0.0961. The number of anilines is 1. The Kier molecular flexibility index (Phi) is 4.58. The summed E-state index contributed by atoms with van der Waals surface area (Å²) < 4.78 is 31.8. The Balaban J connectivity index is 2.00. The molecule has 0 unspecified atom stereocenters. The molecular formula is C15H16N2O4S3. The number of rotatable bonds is 5. The molecule has 3 rings (SSSR count). The van der Waals surface area contributed by atoms with Crippen LogP contribution in [0.15, 0.2) is 26.7 Å². The van der Waals surface area contributed by atoms with Gasteiger partial charge in [0, 0.05) is 16.3 Å². The maximum Gasteiger partial charge on any atom is 0.229 e. The van der Waals surface area contributed by atoms with Crippen molar-refractivity contribution in [1.29, 1.82) is 0 Å². The van der Waals surface area contributed by atoms with Crippen molar-refractivity contribution in [1.82, 2.24) is 4.98 Å². The van der Waals surface area contributed by atoms with Crippen LogP contribution in [0.4, 0.5) is 5.69 Å². The van der Waals surface area contributed by atoms with Crippen molar-refractivity contribution in [3.8, 4) is 5.75 Å². The number of hydrogen-bond acceptors (Lipinski definition) is 7. The number of ether oxygens (including phenoxy) is 1. The number of ketones is 1. The number of fused-ring (bicyclic) bond motifs is 1. The lowest BCUT2D eigenvalue weighted by atomic mass is 10.1.